The molecule has 1 aromatic rings. The first kappa shape index (κ1) is 14.8. The van der Waals surface area contributed by atoms with Crippen molar-refractivity contribution in [3.05, 3.63) is 12.2 Å². The average molecular weight is 278 g/mol. The second kappa shape index (κ2) is 7.87. The summed E-state index contributed by atoms with van der Waals surface area (Å²) < 4.78 is 1.77. The second-order valence-electron chi connectivity index (χ2n) is 5.45. The molecule has 6 nitrogen and oxygen atoms in total. The lowest BCUT2D eigenvalue weighted by molar-refractivity contribution is 0.339. The predicted octanol–water partition coefficient (Wildman–Crippen LogP) is 1.45. The lowest BCUT2D eigenvalue weighted by atomic mass is 9.87. The first-order chi connectivity index (χ1) is 9.79. The van der Waals surface area contributed by atoms with Crippen LogP contribution in [-0.2, 0) is 13.6 Å². The van der Waals surface area contributed by atoms with Crippen LogP contribution in [0, 0.1) is 5.92 Å². The van der Waals surface area contributed by atoms with Crippen LogP contribution in [0.25, 0.3) is 0 Å². The van der Waals surface area contributed by atoms with Gasteiger partial charge in [-0.1, -0.05) is 32.1 Å². The molecular weight excluding hydrogens is 252 g/mol. The summed E-state index contributed by atoms with van der Waals surface area (Å²) in [6.07, 6.45) is 9.83. The summed E-state index contributed by atoms with van der Waals surface area (Å²) >= 11 is 0. The molecule has 6 heteroatoms. The Balaban J connectivity index is 1.66. The van der Waals surface area contributed by atoms with E-state index in [0.717, 1.165) is 24.2 Å². The van der Waals surface area contributed by atoms with Gasteiger partial charge in [-0.3, -0.25) is 9.67 Å². The Labute approximate surface area is 121 Å². The minimum absolute atomic E-state index is 0.638. The fourth-order valence-electron chi connectivity index (χ4n) is 2.73. The van der Waals surface area contributed by atoms with Gasteiger partial charge in [0.15, 0.2) is 5.96 Å². The van der Waals surface area contributed by atoms with Gasteiger partial charge in [-0.05, 0) is 12.3 Å². The van der Waals surface area contributed by atoms with E-state index in [-0.39, 0.29) is 0 Å². The van der Waals surface area contributed by atoms with E-state index in [1.54, 1.807) is 18.1 Å². The summed E-state index contributed by atoms with van der Waals surface area (Å²) in [5.74, 6) is 2.64. The van der Waals surface area contributed by atoms with Crippen molar-refractivity contribution >= 4 is 5.96 Å². The van der Waals surface area contributed by atoms with Crippen molar-refractivity contribution in [2.45, 2.75) is 45.1 Å². The smallest absolute Gasteiger partial charge is 0.191 e. The van der Waals surface area contributed by atoms with Crippen LogP contribution in [0.3, 0.4) is 0 Å². The van der Waals surface area contributed by atoms with E-state index in [1.807, 2.05) is 7.05 Å². The van der Waals surface area contributed by atoms with Crippen LogP contribution in [0.5, 0.6) is 0 Å². The summed E-state index contributed by atoms with van der Waals surface area (Å²) in [6, 6.07) is 0. The topological polar surface area (TPSA) is 67.1 Å². The van der Waals surface area contributed by atoms with Gasteiger partial charge < -0.3 is 10.6 Å². The van der Waals surface area contributed by atoms with Crippen molar-refractivity contribution < 1.29 is 0 Å². The predicted molar refractivity (Wildman–Crippen MR) is 80.4 cm³/mol. The van der Waals surface area contributed by atoms with Gasteiger partial charge in [0, 0.05) is 20.6 Å². The third-order valence-electron chi connectivity index (χ3n) is 4.01. The molecule has 2 N–H and O–H groups in total. The molecule has 0 amide bonds. The lowest BCUT2D eigenvalue weighted by Crippen LogP contribution is -2.38. The van der Waals surface area contributed by atoms with Crippen LogP contribution in [0.1, 0.15) is 44.3 Å². The van der Waals surface area contributed by atoms with Crippen molar-refractivity contribution in [3.63, 3.8) is 0 Å². The maximum absolute atomic E-state index is 4.24. The van der Waals surface area contributed by atoms with Crippen LogP contribution >= 0.6 is 0 Å². The molecule has 0 bridgehead atoms. The first-order valence-electron chi connectivity index (χ1n) is 7.57. The van der Waals surface area contributed by atoms with E-state index in [2.05, 4.69) is 25.7 Å². The largest absolute Gasteiger partial charge is 0.356 e. The van der Waals surface area contributed by atoms with Gasteiger partial charge >= 0.3 is 0 Å². The van der Waals surface area contributed by atoms with Gasteiger partial charge in [0.05, 0.1) is 6.54 Å². The van der Waals surface area contributed by atoms with Gasteiger partial charge in [0.2, 0.25) is 0 Å². The van der Waals surface area contributed by atoms with E-state index >= 15 is 0 Å². The van der Waals surface area contributed by atoms with Gasteiger partial charge in [0.25, 0.3) is 0 Å². The molecule has 0 aromatic carbocycles. The molecule has 0 spiro atoms. The van der Waals surface area contributed by atoms with Crippen LogP contribution in [0.2, 0.25) is 0 Å². The zero-order chi connectivity index (χ0) is 14.2. The minimum atomic E-state index is 0.638. The zero-order valence-electron chi connectivity index (χ0n) is 12.6. The highest BCUT2D eigenvalue weighted by Gasteiger charge is 2.12. The molecule has 2 rings (SSSR count). The number of hydrogen-bond donors (Lipinski definition) is 2. The van der Waals surface area contributed by atoms with Crippen molar-refractivity contribution in [3.8, 4) is 0 Å². The van der Waals surface area contributed by atoms with Crippen LogP contribution in [-0.4, -0.2) is 34.3 Å². The molecule has 1 aliphatic rings. The Morgan fingerprint density at radius 2 is 2.15 bits per heavy atom. The molecule has 1 fully saturated rings. The quantitative estimate of drug-likeness (QED) is 0.632. The maximum Gasteiger partial charge on any atom is 0.191 e. The van der Waals surface area contributed by atoms with Gasteiger partial charge in [0.1, 0.15) is 12.2 Å². The van der Waals surface area contributed by atoms with Gasteiger partial charge in [-0.15, -0.1) is 0 Å². The fourth-order valence-corrected chi connectivity index (χ4v) is 2.73. The van der Waals surface area contributed by atoms with Crippen molar-refractivity contribution in [2.24, 2.45) is 18.0 Å². The highest BCUT2D eigenvalue weighted by atomic mass is 15.3. The summed E-state index contributed by atoms with van der Waals surface area (Å²) in [5.41, 5.74) is 0. The molecule has 0 saturated heterocycles. The van der Waals surface area contributed by atoms with Crippen molar-refractivity contribution in [1.29, 1.82) is 0 Å². The number of aryl methyl sites for hydroxylation is 1. The van der Waals surface area contributed by atoms with E-state index in [4.69, 9.17) is 0 Å². The van der Waals surface area contributed by atoms with Crippen molar-refractivity contribution in [2.75, 3.05) is 13.6 Å². The number of rotatable bonds is 5. The summed E-state index contributed by atoms with van der Waals surface area (Å²) in [6.45, 7) is 1.63. The summed E-state index contributed by atoms with van der Waals surface area (Å²) in [5, 5.41) is 10.7. The Hall–Kier alpha value is -1.59. The number of nitrogens with one attached hydrogen (secondary N) is 2. The van der Waals surface area contributed by atoms with Crippen molar-refractivity contribution in [1.82, 2.24) is 25.4 Å². The van der Waals surface area contributed by atoms with Gasteiger partial charge in [-0.25, -0.2) is 4.98 Å². The summed E-state index contributed by atoms with van der Waals surface area (Å²) in [7, 11) is 3.69. The Bertz CT molecular complexity index is 419. The Kier molecular flexibility index (Phi) is 5.83. The Morgan fingerprint density at radius 3 is 2.80 bits per heavy atom. The minimum Gasteiger partial charge on any atom is -0.356 e. The molecule has 0 radical (unpaired) electrons. The monoisotopic (exact) mass is 278 g/mol. The number of guanidine groups is 1. The van der Waals surface area contributed by atoms with Gasteiger partial charge in [-0.2, -0.15) is 5.10 Å². The highest BCUT2D eigenvalue weighted by Crippen LogP contribution is 2.25. The number of aromatic nitrogens is 3. The molecule has 1 aliphatic carbocycles. The molecule has 1 heterocycles. The number of nitrogens with zero attached hydrogens (tertiary/aromatic N) is 4. The third-order valence-corrected chi connectivity index (χ3v) is 4.01. The second-order valence-corrected chi connectivity index (χ2v) is 5.45. The molecule has 20 heavy (non-hydrogen) atoms. The average Bonchev–Trinajstić information content (AvgIpc) is 2.89. The maximum atomic E-state index is 4.24. The van der Waals surface area contributed by atoms with Crippen LogP contribution in [0.15, 0.2) is 11.3 Å². The van der Waals surface area contributed by atoms with E-state index in [1.165, 1.54) is 38.5 Å². The molecule has 0 unspecified atom stereocenters. The van der Waals surface area contributed by atoms with E-state index in [9.17, 15) is 0 Å². The fraction of sp³-hybridized carbons (Fsp3) is 0.786. The molecule has 112 valence electrons. The first-order valence-corrected chi connectivity index (χ1v) is 7.57. The normalized spacial score (nSPS) is 17.2. The third kappa shape index (κ3) is 4.51. The standard InChI is InChI=1S/C14H26N6/c1-15-14(17-10-13-18-11-19-20(13)2)16-9-8-12-6-4-3-5-7-12/h11-12H,3-10H2,1-2H3,(H2,15,16,17). The summed E-state index contributed by atoms with van der Waals surface area (Å²) in [4.78, 5) is 8.42. The lowest BCUT2D eigenvalue weighted by Gasteiger charge is -2.22. The van der Waals surface area contributed by atoms with E-state index in [0.29, 0.717) is 6.54 Å². The molecule has 0 aliphatic heterocycles. The molecule has 1 aromatic heterocycles. The van der Waals surface area contributed by atoms with Crippen LogP contribution < -0.4 is 10.6 Å². The zero-order valence-corrected chi connectivity index (χ0v) is 12.6. The number of hydrogen-bond acceptors (Lipinski definition) is 3. The van der Waals surface area contributed by atoms with Crippen LogP contribution in [0.4, 0.5) is 0 Å². The number of aliphatic imine (C=N–C) groups is 1. The SMILES string of the molecule is CN=C(NCCC1CCCCC1)NCc1ncnn1C. The Morgan fingerprint density at radius 1 is 1.35 bits per heavy atom. The molecule has 1 saturated carbocycles. The van der Waals surface area contributed by atoms with E-state index < -0.39 is 0 Å². The molecule has 0 atom stereocenters. The molecular formula is C14H26N6. The highest BCUT2D eigenvalue weighted by molar-refractivity contribution is 5.79.